The first-order chi connectivity index (χ1) is 7.04. The minimum atomic E-state index is -1.21. The monoisotopic (exact) mass is 222 g/mol. The zero-order valence-electron chi connectivity index (χ0n) is 8.11. The maximum Gasteiger partial charge on any atom is 0.250 e. The number of nitrogens with one attached hydrogen (secondary N) is 1. The Morgan fingerprint density at radius 1 is 1.47 bits per heavy atom. The number of benzene rings is 1. The number of rotatable bonds is 1. The SMILES string of the molecule is CC1(C(N)=O)Sc2ccccc2NC1=O. The van der Waals surface area contributed by atoms with Gasteiger partial charge in [-0.1, -0.05) is 23.9 Å². The highest BCUT2D eigenvalue weighted by atomic mass is 32.2. The van der Waals surface area contributed by atoms with Crippen molar-refractivity contribution in [1.82, 2.24) is 0 Å². The molecule has 0 bridgehead atoms. The number of fused-ring (bicyclic) bond motifs is 1. The van der Waals surface area contributed by atoms with Gasteiger partial charge in [-0.2, -0.15) is 0 Å². The van der Waals surface area contributed by atoms with Gasteiger partial charge in [0.1, 0.15) is 0 Å². The Hall–Kier alpha value is -1.49. The van der Waals surface area contributed by atoms with Gasteiger partial charge in [0.05, 0.1) is 5.69 Å². The van der Waals surface area contributed by atoms with Crippen LogP contribution in [0.4, 0.5) is 5.69 Å². The van der Waals surface area contributed by atoms with Gasteiger partial charge >= 0.3 is 0 Å². The fourth-order valence-electron chi connectivity index (χ4n) is 1.33. The van der Waals surface area contributed by atoms with Crippen molar-refractivity contribution >= 4 is 29.3 Å². The Bertz CT molecular complexity index is 447. The summed E-state index contributed by atoms with van der Waals surface area (Å²) in [5, 5.41) is 2.67. The van der Waals surface area contributed by atoms with E-state index in [1.807, 2.05) is 18.2 Å². The van der Waals surface area contributed by atoms with Crippen LogP contribution < -0.4 is 11.1 Å². The summed E-state index contributed by atoms with van der Waals surface area (Å²) in [5.74, 6) is -0.988. The van der Waals surface area contributed by atoms with E-state index in [4.69, 9.17) is 5.73 Å². The fraction of sp³-hybridized carbons (Fsp3) is 0.200. The third-order valence-electron chi connectivity index (χ3n) is 2.35. The molecule has 0 spiro atoms. The van der Waals surface area contributed by atoms with Crippen molar-refractivity contribution in [3.05, 3.63) is 24.3 Å². The van der Waals surface area contributed by atoms with E-state index in [-0.39, 0.29) is 5.91 Å². The average molecular weight is 222 g/mol. The van der Waals surface area contributed by atoms with Crippen LogP contribution in [0.15, 0.2) is 29.2 Å². The van der Waals surface area contributed by atoms with Crippen LogP contribution in [0.25, 0.3) is 0 Å². The summed E-state index contributed by atoms with van der Waals surface area (Å²) in [4.78, 5) is 23.8. The molecule has 15 heavy (non-hydrogen) atoms. The lowest BCUT2D eigenvalue weighted by Gasteiger charge is -2.30. The molecule has 1 heterocycles. The standard InChI is InChI=1S/C10H10N2O2S/c1-10(8(11)13)9(14)12-6-4-2-3-5-7(6)15-10/h2-5H,1H3,(H2,11,13)(H,12,14). The van der Waals surface area contributed by atoms with Gasteiger partial charge in [-0.3, -0.25) is 9.59 Å². The van der Waals surface area contributed by atoms with Gasteiger partial charge in [0, 0.05) is 4.90 Å². The van der Waals surface area contributed by atoms with E-state index < -0.39 is 10.7 Å². The molecule has 1 unspecified atom stereocenters. The van der Waals surface area contributed by atoms with Crippen LogP contribution >= 0.6 is 11.8 Å². The van der Waals surface area contributed by atoms with Gasteiger partial charge < -0.3 is 11.1 Å². The van der Waals surface area contributed by atoms with E-state index in [0.717, 1.165) is 10.6 Å². The number of hydrogen-bond donors (Lipinski definition) is 2. The molecule has 0 fully saturated rings. The Morgan fingerprint density at radius 3 is 2.80 bits per heavy atom. The van der Waals surface area contributed by atoms with Gasteiger partial charge in [0.15, 0.2) is 4.75 Å². The predicted octanol–water partition coefficient (Wildman–Crippen LogP) is 0.975. The number of thioether (sulfide) groups is 1. The van der Waals surface area contributed by atoms with E-state index in [1.165, 1.54) is 18.7 Å². The Kier molecular flexibility index (Phi) is 2.19. The van der Waals surface area contributed by atoms with Crippen molar-refractivity contribution in [2.75, 3.05) is 5.32 Å². The lowest BCUT2D eigenvalue weighted by molar-refractivity contribution is -0.127. The minimum absolute atomic E-state index is 0.362. The number of amides is 2. The van der Waals surface area contributed by atoms with Crippen molar-refractivity contribution in [2.45, 2.75) is 16.6 Å². The molecule has 2 rings (SSSR count). The molecule has 2 amide bonds. The van der Waals surface area contributed by atoms with E-state index in [0.29, 0.717) is 0 Å². The normalized spacial score (nSPS) is 24.2. The van der Waals surface area contributed by atoms with Crippen molar-refractivity contribution < 1.29 is 9.59 Å². The molecule has 4 nitrogen and oxygen atoms in total. The van der Waals surface area contributed by atoms with Crippen LogP contribution in [0, 0.1) is 0 Å². The second-order valence-electron chi connectivity index (χ2n) is 3.45. The quantitative estimate of drug-likeness (QED) is 0.695. The summed E-state index contributed by atoms with van der Waals surface area (Å²) in [6, 6.07) is 7.32. The van der Waals surface area contributed by atoms with Crippen LogP contribution in [-0.2, 0) is 9.59 Å². The summed E-state index contributed by atoms with van der Waals surface area (Å²) in [5.41, 5.74) is 5.96. The van der Waals surface area contributed by atoms with Crippen LogP contribution in [0.5, 0.6) is 0 Å². The second kappa shape index (κ2) is 3.27. The summed E-state index contributed by atoms with van der Waals surface area (Å²) in [6.45, 7) is 1.53. The fourth-order valence-corrected chi connectivity index (χ4v) is 2.39. The summed E-state index contributed by atoms with van der Waals surface area (Å²) in [7, 11) is 0. The molecule has 5 heteroatoms. The first-order valence-electron chi connectivity index (χ1n) is 4.43. The van der Waals surface area contributed by atoms with Crippen LogP contribution in [0.1, 0.15) is 6.92 Å². The molecule has 0 saturated carbocycles. The topological polar surface area (TPSA) is 72.2 Å². The molecule has 1 aromatic carbocycles. The largest absolute Gasteiger partial charge is 0.368 e. The van der Waals surface area contributed by atoms with Crippen LogP contribution in [0.2, 0.25) is 0 Å². The van der Waals surface area contributed by atoms with Crippen LogP contribution in [-0.4, -0.2) is 16.6 Å². The minimum Gasteiger partial charge on any atom is -0.368 e. The maximum absolute atomic E-state index is 11.7. The molecular formula is C10H10N2O2S. The van der Waals surface area contributed by atoms with Crippen LogP contribution in [0.3, 0.4) is 0 Å². The molecule has 0 aliphatic carbocycles. The molecule has 0 aromatic heterocycles. The first kappa shape index (κ1) is 10.0. The maximum atomic E-state index is 11.7. The van der Waals surface area contributed by atoms with Crippen molar-refractivity contribution in [3.63, 3.8) is 0 Å². The lowest BCUT2D eigenvalue weighted by Crippen LogP contribution is -2.50. The number of para-hydroxylation sites is 1. The Labute approximate surface area is 91.2 Å². The van der Waals surface area contributed by atoms with Gasteiger partial charge in [0.25, 0.3) is 0 Å². The highest BCUT2D eigenvalue weighted by molar-refractivity contribution is 8.02. The highest BCUT2D eigenvalue weighted by Gasteiger charge is 2.44. The van der Waals surface area contributed by atoms with Gasteiger partial charge in [0.2, 0.25) is 11.8 Å². The molecule has 3 N–H and O–H groups in total. The molecule has 0 radical (unpaired) electrons. The van der Waals surface area contributed by atoms with E-state index >= 15 is 0 Å². The molecule has 1 aromatic rings. The third-order valence-corrected chi connectivity index (χ3v) is 3.72. The molecular weight excluding hydrogens is 212 g/mol. The zero-order chi connectivity index (χ0) is 11.1. The number of primary amides is 1. The van der Waals surface area contributed by atoms with Gasteiger partial charge in [-0.15, -0.1) is 0 Å². The van der Waals surface area contributed by atoms with Crippen molar-refractivity contribution in [3.8, 4) is 0 Å². The molecule has 1 atom stereocenters. The summed E-state index contributed by atoms with van der Waals surface area (Å²) >= 11 is 1.19. The smallest absolute Gasteiger partial charge is 0.250 e. The number of carbonyl (C=O) groups excluding carboxylic acids is 2. The summed E-state index contributed by atoms with van der Waals surface area (Å²) in [6.07, 6.45) is 0. The summed E-state index contributed by atoms with van der Waals surface area (Å²) < 4.78 is -1.21. The average Bonchev–Trinajstić information content (AvgIpc) is 2.19. The number of carbonyl (C=O) groups is 2. The Balaban J connectivity index is 2.46. The van der Waals surface area contributed by atoms with Crippen molar-refractivity contribution in [2.24, 2.45) is 5.73 Å². The zero-order valence-corrected chi connectivity index (χ0v) is 8.93. The molecule has 78 valence electrons. The number of nitrogens with two attached hydrogens (primary N) is 1. The molecule has 0 saturated heterocycles. The highest BCUT2D eigenvalue weighted by Crippen LogP contribution is 2.41. The number of hydrogen-bond acceptors (Lipinski definition) is 3. The number of anilines is 1. The van der Waals surface area contributed by atoms with E-state index in [2.05, 4.69) is 5.32 Å². The van der Waals surface area contributed by atoms with E-state index in [9.17, 15) is 9.59 Å². The first-order valence-corrected chi connectivity index (χ1v) is 5.25. The van der Waals surface area contributed by atoms with Crippen molar-refractivity contribution in [1.29, 1.82) is 0 Å². The Morgan fingerprint density at radius 2 is 2.13 bits per heavy atom. The second-order valence-corrected chi connectivity index (χ2v) is 4.91. The molecule has 1 aliphatic rings. The van der Waals surface area contributed by atoms with Gasteiger partial charge in [-0.05, 0) is 19.1 Å². The van der Waals surface area contributed by atoms with Gasteiger partial charge in [-0.25, -0.2) is 0 Å². The van der Waals surface area contributed by atoms with E-state index in [1.54, 1.807) is 6.07 Å². The lowest BCUT2D eigenvalue weighted by atomic mass is 10.1. The third kappa shape index (κ3) is 1.48. The molecule has 1 aliphatic heterocycles. The predicted molar refractivity (Wildman–Crippen MR) is 58.5 cm³/mol.